The van der Waals surface area contributed by atoms with Crippen LogP contribution >= 0.6 is 11.6 Å². The van der Waals surface area contributed by atoms with Crippen LogP contribution in [0.3, 0.4) is 0 Å². The van der Waals surface area contributed by atoms with Crippen molar-refractivity contribution >= 4 is 11.6 Å². The largest absolute Gasteiger partial charge is 0.492 e. The van der Waals surface area contributed by atoms with Gasteiger partial charge in [-0.15, -0.1) is 0 Å². The zero-order chi connectivity index (χ0) is 16.4. The number of ether oxygens (including phenoxy) is 2. The third-order valence-corrected chi connectivity index (χ3v) is 5.65. The van der Waals surface area contributed by atoms with Crippen molar-refractivity contribution in [1.82, 2.24) is 4.90 Å². The number of benzene rings is 1. The normalized spacial score (nSPS) is 31.1. The van der Waals surface area contributed by atoms with Crippen molar-refractivity contribution in [2.45, 2.75) is 56.9 Å². The number of hydrogen-bond donors (Lipinski definition) is 1. The quantitative estimate of drug-likeness (QED) is 0.894. The highest BCUT2D eigenvalue weighted by Crippen LogP contribution is 2.43. The molecule has 0 amide bonds. The maximum Gasteiger partial charge on any atom is 0.137 e. The maximum atomic E-state index is 10.1. The topological polar surface area (TPSA) is 41.9 Å². The molecule has 1 saturated carbocycles. The van der Waals surface area contributed by atoms with Crippen molar-refractivity contribution in [3.05, 3.63) is 28.8 Å². The molecule has 1 heterocycles. The smallest absolute Gasteiger partial charge is 0.137 e. The molecule has 2 aliphatic rings. The monoisotopic (exact) mass is 339 g/mol. The summed E-state index contributed by atoms with van der Waals surface area (Å²) in [5.74, 6) is 0.735. The number of halogens is 1. The Hall–Kier alpha value is -0.810. The molecule has 0 unspecified atom stereocenters. The molecule has 3 rings (SSSR count). The summed E-state index contributed by atoms with van der Waals surface area (Å²) < 4.78 is 11.4. The van der Waals surface area contributed by atoms with E-state index in [9.17, 15) is 5.11 Å². The minimum atomic E-state index is -0.215. The molecule has 0 spiro atoms. The van der Waals surface area contributed by atoms with Crippen LogP contribution in [0, 0.1) is 0 Å². The Bertz CT molecular complexity index is 553. The third kappa shape index (κ3) is 3.36. The molecular formula is C18H26ClNO3. The molecule has 0 bridgehead atoms. The first-order valence-corrected chi connectivity index (χ1v) is 8.84. The first-order chi connectivity index (χ1) is 11.1. The van der Waals surface area contributed by atoms with E-state index in [1.165, 1.54) is 5.56 Å². The molecule has 4 nitrogen and oxygen atoms in total. The summed E-state index contributed by atoms with van der Waals surface area (Å²) in [4.78, 5) is 2.43. The maximum absolute atomic E-state index is 10.1. The minimum absolute atomic E-state index is 0.0890. The van der Waals surface area contributed by atoms with E-state index >= 15 is 0 Å². The lowest BCUT2D eigenvalue weighted by Crippen LogP contribution is -2.51. The summed E-state index contributed by atoms with van der Waals surface area (Å²) in [5, 5.41) is 10.7. The van der Waals surface area contributed by atoms with Crippen LogP contribution in [0.2, 0.25) is 5.02 Å². The third-order valence-electron chi connectivity index (χ3n) is 5.35. The van der Waals surface area contributed by atoms with Crippen molar-refractivity contribution < 1.29 is 14.6 Å². The van der Waals surface area contributed by atoms with Gasteiger partial charge in [0.25, 0.3) is 0 Å². The summed E-state index contributed by atoms with van der Waals surface area (Å²) in [6.45, 7) is 4.39. The van der Waals surface area contributed by atoms with E-state index in [0.717, 1.165) is 44.5 Å². The predicted molar refractivity (Wildman–Crippen MR) is 91.0 cm³/mol. The van der Waals surface area contributed by atoms with E-state index in [1.807, 2.05) is 26.2 Å². The summed E-state index contributed by atoms with van der Waals surface area (Å²) >= 11 is 6.30. The Morgan fingerprint density at radius 3 is 2.91 bits per heavy atom. The van der Waals surface area contributed by atoms with E-state index in [0.29, 0.717) is 11.6 Å². The second-order valence-corrected chi connectivity index (χ2v) is 7.04. The standard InChI is InChI=1S/C18H26ClNO3/c1-3-23-16-5-4-13(10-15(16)19)12-20-9-8-18(22-2)7-6-14(21)11-17(18)20/h4-5,10,14,17,21H,3,6-9,11-12H2,1-2H3/t14-,17-,18+/m0/s1. The first kappa shape index (κ1) is 17.0. The average Bonchev–Trinajstić information content (AvgIpc) is 2.89. The Kier molecular flexibility index (Phi) is 5.16. The average molecular weight is 340 g/mol. The SMILES string of the molecule is CCOc1ccc(CN2CC[C@]3(OC)CC[C@H](O)C[C@H]23)cc1Cl. The lowest BCUT2D eigenvalue weighted by molar-refractivity contribution is -0.0879. The lowest BCUT2D eigenvalue weighted by Gasteiger charge is -2.42. The van der Waals surface area contributed by atoms with Crippen molar-refractivity contribution in [1.29, 1.82) is 0 Å². The number of rotatable bonds is 5. The van der Waals surface area contributed by atoms with Crippen molar-refractivity contribution in [2.75, 3.05) is 20.3 Å². The highest BCUT2D eigenvalue weighted by atomic mass is 35.5. The molecule has 1 saturated heterocycles. The first-order valence-electron chi connectivity index (χ1n) is 8.46. The molecule has 1 aromatic carbocycles. The highest BCUT2D eigenvalue weighted by Gasteiger charge is 2.50. The Morgan fingerprint density at radius 1 is 1.39 bits per heavy atom. The second kappa shape index (κ2) is 6.98. The number of aliphatic hydroxyl groups is 1. The van der Waals surface area contributed by atoms with E-state index < -0.39 is 0 Å². The predicted octanol–water partition coefficient (Wildman–Crippen LogP) is 3.24. The molecule has 1 aliphatic carbocycles. The highest BCUT2D eigenvalue weighted by molar-refractivity contribution is 6.32. The van der Waals surface area contributed by atoms with Crippen LogP contribution in [-0.4, -0.2) is 48.0 Å². The summed E-state index contributed by atoms with van der Waals surface area (Å²) in [5.41, 5.74) is 1.08. The van der Waals surface area contributed by atoms with Crippen molar-refractivity contribution in [2.24, 2.45) is 0 Å². The van der Waals surface area contributed by atoms with Crippen molar-refractivity contribution in [3.63, 3.8) is 0 Å². The number of hydrogen-bond acceptors (Lipinski definition) is 4. The minimum Gasteiger partial charge on any atom is -0.492 e. The molecule has 2 fully saturated rings. The van der Waals surface area contributed by atoms with Gasteiger partial charge in [0, 0.05) is 26.2 Å². The molecule has 0 radical (unpaired) electrons. The molecule has 1 aromatic rings. The molecule has 1 N–H and O–H groups in total. The molecule has 0 aromatic heterocycles. The second-order valence-electron chi connectivity index (χ2n) is 6.63. The molecule has 128 valence electrons. The molecule has 23 heavy (non-hydrogen) atoms. The van der Waals surface area contributed by atoms with Gasteiger partial charge in [0.15, 0.2) is 0 Å². The van der Waals surface area contributed by atoms with E-state index in [-0.39, 0.29) is 17.7 Å². The Morgan fingerprint density at radius 2 is 2.22 bits per heavy atom. The molecule has 3 atom stereocenters. The van der Waals surface area contributed by atoms with E-state index in [1.54, 1.807) is 0 Å². The van der Waals surface area contributed by atoms with Crippen LogP contribution in [0.1, 0.15) is 38.2 Å². The van der Waals surface area contributed by atoms with Crippen LogP contribution in [0.15, 0.2) is 18.2 Å². The van der Waals surface area contributed by atoms with Crippen LogP contribution < -0.4 is 4.74 Å². The molecule has 5 heteroatoms. The van der Waals surface area contributed by atoms with Gasteiger partial charge in [0.1, 0.15) is 5.75 Å². The van der Waals surface area contributed by atoms with E-state index in [4.69, 9.17) is 21.1 Å². The van der Waals surface area contributed by atoms with Crippen LogP contribution in [0.4, 0.5) is 0 Å². The van der Waals surface area contributed by atoms with Gasteiger partial charge in [0.05, 0.1) is 23.3 Å². The van der Waals surface area contributed by atoms with E-state index in [2.05, 4.69) is 11.0 Å². The van der Waals surface area contributed by atoms with Crippen molar-refractivity contribution in [3.8, 4) is 5.75 Å². The number of nitrogens with zero attached hydrogens (tertiary/aromatic N) is 1. The fourth-order valence-electron chi connectivity index (χ4n) is 4.11. The fraction of sp³-hybridized carbons (Fsp3) is 0.667. The fourth-order valence-corrected chi connectivity index (χ4v) is 4.37. The number of methoxy groups -OCH3 is 1. The molecule has 1 aliphatic heterocycles. The van der Waals surface area contributed by atoms with Gasteiger partial charge in [0.2, 0.25) is 0 Å². The van der Waals surface area contributed by atoms with Gasteiger partial charge in [-0.1, -0.05) is 17.7 Å². The Labute approximate surface area is 143 Å². The van der Waals surface area contributed by atoms with Crippen LogP contribution in [-0.2, 0) is 11.3 Å². The lowest BCUT2D eigenvalue weighted by atomic mass is 9.79. The van der Waals surface area contributed by atoms with Gasteiger partial charge in [-0.2, -0.15) is 0 Å². The zero-order valence-electron chi connectivity index (χ0n) is 13.9. The van der Waals surface area contributed by atoms with Crippen LogP contribution in [0.5, 0.6) is 5.75 Å². The van der Waals surface area contributed by atoms with Crippen LogP contribution in [0.25, 0.3) is 0 Å². The van der Waals surface area contributed by atoms with Gasteiger partial charge < -0.3 is 14.6 Å². The zero-order valence-corrected chi connectivity index (χ0v) is 14.7. The molecular weight excluding hydrogens is 314 g/mol. The van der Waals surface area contributed by atoms with Gasteiger partial charge in [-0.05, 0) is 50.3 Å². The van der Waals surface area contributed by atoms with Gasteiger partial charge >= 0.3 is 0 Å². The van der Waals surface area contributed by atoms with Gasteiger partial charge in [-0.25, -0.2) is 0 Å². The number of likely N-dealkylation sites (tertiary alicyclic amines) is 1. The number of aliphatic hydroxyl groups excluding tert-OH is 1. The summed E-state index contributed by atoms with van der Waals surface area (Å²) in [6.07, 6.45) is 3.39. The van der Waals surface area contributed by atoms with Gasteiger partial charge in [-0.3, -0.25) is 4.90 Å². The number of fused-ring (bicyclic) bond motifs is 1. The Balaban J connectivity index is 1.74. The summed E-state index contributed by atoms with van der Waals surface area (Å²) in [6, 6.07) is 6.28. The summed E-state index contributed by atoms with van der Waals surface area (Å²) in [7, 11) is 1.81.